The van der Waals surface area contributed by atoms with Gasteiger partial charge in [-0.25, -0.2) is 4.39 Å². The van der Waals surface area contributed by atoms with E-state index < -0.39 is 26.5 Å². The van der Waals surface area contributed by atoms with Crippen molar-refractivity contribution in [1.82, 2.24) is 4.57 Å². The van der Waals surface area contributed by atoms with E-state index in [2.05, 4.69) is 18.4 Å². The first-order chi connectivity index (χ1) is 15.2. The molecule has 0 fully saturated rings. The zero-order valence-corrected chi connectivity index (χ0v) is 19.8. The van der Waals surface area contributed by atoms with Gasteiger partial charge in [0.1, 0.15) is 18.5 Å². The summed E-state index contributed by atoms with van der Waals surface area (Å²) in [6, 6.07) is 6.55. The van der Waals surface area contributed by atoms with Gasteiger partial charge in [-0.3, -0.25) is 4.79 Å². The number of aliphatic hydroxyl groups is 1. The molecule has 0 saturated carbocycles. The molecule has 174 valence electrons. The summed E-state index contributed by atoms with van der Waals surface area (Å²) >= 11 is 0. The summed E-state index contributed by atoms with van der Waals surface area (Å²) in [5.41, 5.74) is 5.75. The number of rotatable bonds is 10. The van der Waals surface area contributed by atoms with E-state index in [1.54, 1.807) is 12.1 Å². The van der Waals surface area contributed by atoms with Crippen LogP contribution in [0.25, 0.3) is 11.3 Å². The molecule has 32 heavy (non-hydrogen) atoms. The Hall–Kier alpha value is -2.08. The fourth-order valence-electron chi connectivity index (χ4n) is 4.62. The maximum Gasteiger partial charge on any atom is 0.510 e. The highest BCUT2D eigenvalue weighted by Gasteiger charge is 2.32. The number of fused-ring (bicyclic) bond motifs is 1. The molecular weight excluding hydrogens is 432 g/mol. The second-order valence-corrected chi connectivity index (χ2v) is 10.1. The van der Waals surface area contributed by atoms with Crippen LogP contribution in [-0.4, -0.2) is 39.6 Å². The summed E-state index contributed by atoms with van der Waals surface area (Å²) in [6.07, 6.45) is 1.34. The minimum atomic E-state index is -2.18. The van der Waals surface area contributed by atoms with E-state index in [0.717, 1.165) is 42.6 Å². The molecule has 3 atom stereocenters. The lowest BCUT2D eigenvalue weighted by Crippen LogP contribution is -2.16. The van der Waals surface area contributed by atoms with Gasteiger partial charge in [0, 0.05) is 18.2 Å². The third kappa shape index (κ3) is 5.64. The van der Waals surface area contributed by atoms with E-state index in [-0.39, 0.29) is 30.4 Å². The van der Waals surface area contributed by atoms with Crippen LogP contribution in [0.4, 0.5) is 4.39 Å². The number of nitrogens with zero attached hydrogens (tertiary/aromatic N) is 1. The number of halogens is 1. The number of aromatic nitrogens is 1. The molecule has 1 aliphatic heterocycles. The Morgan fingerprint density at radius 2 is 1.88 bits per heavy atom. The maximum atomic E-state index is 13.6. The number of carbonyl (C=O) groups is 1. The normalized spacial score (nSPS) is 16.0. The highest BCUT2D eigenvalue weighted by molar-refractivity contribution is 7.39. The van der Waals surface area contributed by atoms with Gasteiger partial charge in [-0.1, -0.05) is 20.8 Å². The molecular formula is C24H32FNO5P+. The first kappa shape index (κ1) is 24.6. The standard InChI is InChI=1S/C24H31FNO5P/c1-15(2)22-20-6-4-5-11-26(20)24(17-7-9-18(25)10-8-17)23(22)16(3)13-31-32(30)14-19(27)12-21(28)29/h7-10,15-16,19,27H,4-6,11-14H2,1-3H3/p+1. The van der Waals surface area contributed by atoms with Crippen LogP contribution in [0.5, 0.6) is 0 Å². The maximum absolute atomic E-state index is 13.6. The SMILES string of the molecule is CC(C)c1c(C(C)CO[P+](=O)CC(O)CC(=O)O)c(-c2ccc(F)cc2)n2c1CCCC2. The lowest BCUT2D eigenvalue weighted by Gasteiger charge is -2.20. The number of carboxylic acids is 1. The first-order valence-electron chi connectivity index (χ1n) is 11.2. The number of hydrogen-bond acceptors (Lipinski definition) is 4. The Bertz CT molecular complexity index is 970. The molecule has 0 spiro atoms. The average Bonchev–Trinajstić information content (AvgIpc) is 3.07. The van der Waals surface area contributed by atoms with Crippen LogP contribution in [0.3, 0.4) is 0 Å². The number of aliphatic hydroxyl groups excluding tert-OH is 1. The molecule has 2 heterocycles. The summed E-state index contributed by atoms with van der Waals surface area (Å²) in [5.74, 6) is -1.22. The van der Waals surface area contributed by atoms with Crippen molar-refractivity contribution in [2.24, 2.45) is 0 Å². The molecule has 0 amide bonds. The summed E-state index contributed by atoms with van der Waals surface area (Å²) in [6.45, 7) is 7.45. The highest BCUT2D eigenvalue weighted by atomic mass is 31.1. The van der Waals surface area contributed by atoms with Crippen LogP contribution in [0, 0.1) is 5.82 Å². The number of aliphatic carboxylic acids is 1. The van der Waals surface area contributed by atoms with Crippen molar-refractivity contribution in [2.75, 3.05) is 12.8 Å². The van der Waals surface area contributed by atoms with Crippen molar-refractivity contribution in [1.29, 1.82) is 0 Å². The Morgan fingerprint density at radius 3 is 2.50 bits per heavy atom. The first-order valence-corrected chi connectivity index (χ1v) is 12.5. The zero-order valence-electron chi connectivity index (χ0n) is 18.9. The van der Waals surface area contributed by atoms with Crippen LogP contribution in [0.1, 0.15) is 68.7 Å². The average molecular weight is 464 g/mol. The van der Waals surface area contributed by atoms with Crippen LogP contribution in [0.2, 0.25) is 0 Å². The van der Waals surface area contributed by atoms with E-state index in [4.69, 9.17) is 9.63 Å². The summed E-state index contributed by atoms with van der Waals surface area (Å²) < 4.78 is 33.8. The quantitative estimate of drug-likeness (QED) is 0.457. The third-order valence-corrected chi connectivity index (χ3v) is 7.08. The van der Waals surface area contributed by atoms with Crippen molar-refractivity contribution >= 4 is 14.0 Å². The van der Waals surface area contributed by atoms with Gasteiger partial charge in [-0.05, 0) is 70.7 Å². The van der Waals surface area contributed by atoms with Crippen LogP contribution >= 0.6 is 8.03 Å². The third-order valence-electron chi connectivity index (χ3n) is 5.92. The second kappa shape index (κ2) is 10.7. The lowest BCUT2D eigenvalue weighted by molar-refractivity contribution is -0.138. The van der Waals surface area contributed by atoms with E-state index in [1.165, 1.54) is 23.4 Å². The molecule has 6 nitrogen and oxygen atoms in total. The molecule has 2 aromatic rings. The minimum Gasteiger partial charge on any atom is -0.481 e. The van der Waals surface area contributed by atoms with Crippen LogP contribution in [-0.2, 0) is 26.8 Å². The monoisotopic (exact) mass is 464 g/mol. The van der Waals surface area contributed by atoms with Gasteiger partial charge in [0.2, 0.25) is 6.16 Å². The highest BCUT2D eigenvalue weighted by Crippen LogP contribution is 2.43. The van der Waals surface area contributed by atoms with Crippen molar-refractivity contribution in [3.8, 4) is 11.3 Å². The lowest BCUT2D eigenvalue weighted by atomic mass is 9.88. The Balaban J connectivity index is 1.92. The van der Waals surface area contributed by atoms with Crippen molar-refractivity contribution in [3.05, 3.63) is 46.9 Å². The van der Waals surface area contributed by atoms with Crippen molar-refractivity contribution in [2.45, 2.75) is 70.9 Å². The Morgan fingerprint density at radius 1 is 1.19 bits per heavy atom. The number of benzene rings is 1. The van der Waals surface area contributed by atoms with E-state index in [9.17, 15) is 18.9 Å². The number of hydrogen-bond donors (Lipinski definition) is 2. The molecule has 0 radical (unpaired) electrons. The molecule has 8 heteroatoms. The minimum absolute atomic E-state index is 0.0823. The van der Waals surface area contributed by atoms with Gasteiger partial charge in [-0.2, -0.15) is 0 Å². The molecule has 0 bridgehead atoms. The number of carboxylic acid groups (broad SMARTS) is 1. The molecule has 3 rings (SSSR count). The Labute approximate surface area is 189 Å². The second-order valence-electron chi connectivity index (χ2n) is 8.86. The fraction of sp³-hybridized carbons (Fsp3) is 0.542. The molecule has 1 aromatic heterocycles. The molecule has 0 aliphatic carbocycles. The topological polar surface area (TPSA) is 88.8 Å². The van der Waals surface area contributed by atoms with Gasteiger partial charge in [0.25, 0.3) is 0 Å². The predicted molar refractivity (Wildman–Crippen MR) is 122 cm³/mol. The molecule has 0 saturated heterocycles. The molecule has 3 unspecified atom stereocenters. The molecule has 2 N–H and O–H groups in total. The van der Waals surface area contributed by atoms with Crippen LogP contribution < -0.4 is 0 Å². The van der Waals surface area contributed by atoms with E-state index in [0.29, 0.717) is 0 Å². The fourth-order valence-corrected chi connectivity index (χ4v) is 5.59. The largest absolute Gasteiger partial charge is 0.510 e. The van der Waals surface area contributed by atoms with Crippen molar-refractivity contribution in [3.63, 3.8) is 0 Å². The summed E-state index contributed by atoms with van der Waals surface area (Å²) in [5, 5.41) is 18.5. The summed E-state index contributed by atoms with van der Waals surface area (Å²) in [4.78, 5) is 10.7. The molecule has 1 aromatic carbocycles. The molecule has 1 aliphatic rings. The van der Waals surface area contributed by atoms with Gasteiger partial charge in [0.05, 0.1) is 12.1 Å². The zero-order chi connectivity index (χ0) is 23.4. The van der Waals surface area contributed by atoms with E-state index in [1.807, 2.05) is 6.92 Å². The summed E-state index contributed by atoms with van der Waals surface area (Å²) in [7, 11) is -2.18. The van der Waals surface area contributed by atoms with Gasteiger partial charge >= 0.3 is 14.0 Å². The smallest absolute Gasteiger partial charge is 0.481 e. The van der Waals surface area contributed by atoms with Gasteiger partial charge < -0.3 is 14.8 Å². The van der Waals surface area contributed by atoms with E-state index >= 15 is 0 Å². The van der Waals surface area contributed by atoms with Crippen molar-refractivity contribution < 1.29 is 28.5 Å². The van der Waals surface area contributed by atoms with Crippen LogP contribution in [0.15, 0.2) is 24.3 Å². The van der Waals surface area contributed by atoms with Gasteiger partial charge in [-0.15, -0.1) is 4.52 Å². The predicted octanol–water partition coefficient (Wildman–Crippen LogP) is 5.45. The Kier molecular flexibility index (Phi) is 8.21. The van der Waals surface area contributed by atoms with Gasteiger partial charge in [0.15, 0.2) is 0 Å².